The molecule has 1 aromatic heterocycles. The van der Waals surface area contributed by atoms with E-state index in [0.717, 1.165) is 0 Å². The van der Waals surface area contributed by atoms with Crippen LogP contribution in [-0.4, -0.2) is 35.4 Å². The van der Waals surface area contributed by atoms with Crippen LogP contribution < -0.4 is 0 Å². The van der Waals surface area contributed by atoms with Crippen LogP contribution in [0.25, 0.3) is 0 Å². The molecular weight excluding hydrogens is 224 g/mol. The van der Waals surface area contributed by atoms with Crippen molar-refractivity contribution < 1.29 is 19.1 Å². The Hall–Kier alpha value is -1.85. The first-order valence-electron chi connectivity index (χ1n) is 5.44. The van der Waals surface area contributed by atoms with Crippen molar-refractivity contribution >= 4 is 11.9 Å². The normalized spacial score (nSPS) is 10.0. The van der Waals surface area contributed by atoms with Crippen LogP contribution in [-0.2, 0) is 20.8 Å². The zero-order valence-electron chi connectivity index (χ0n) is 10.0. The first-order chi connectivity index (χ1) is 8.19. The van der Waals surface area contributed by atoms with Crippen molar-refractivity contribution in [3.63, 3.8) is 0 Å². The second-order valence-electron chi connectivity index (χ2n) is 3.34. The average Bonchev–Trinajstić information content (AvgIpc) is 2.77. The molecule has 0 saturated heterocycles. The highest BCUT2D eigenvalue weighted by atomic mass is 16.5. The first kappa shape index (κ1) is 13.2. The molecule has 0 aliphatic heterocycles. The van der Waals surface area contributed by atoms with Crippen LogP contribution in [0.2, 0.25) is 0 Å². The highest BCUT2D eigenvalue weighted by Gasteiger charge is 2.12. The summed E-state index contributed by atoms with van der Waals surface area (Å²) in [6.07, 6.45) is 2.41. The number of hydrogen-bond donors (Lipinski definition) is 0. The molecule has 6 nitrogen and oxygen atoms in total. The third-order valence-electron chi connectivity index (χ3n) is 2.17. The number of aryl methyl sites for hydroxylation is 1. The molecule has 0 aliphatic carbocycles. The summed E-state index contributed by atoms with van der Waals surface area (Å²) in [4.78, 5) is 22.4. The summed E-state index contributed by atoms with van der Waals surface area (Å²) >= 11 is 0. The number of nitrogens with zero attached hydrogens (tertiary/aromatic N) is 2. The molecule has 0 aromatic carbocycles. The Balaban J connectivity index is 2.44. The third-order valence-corrected chi connectivity index (χ3v) is 2.17. The molecule has 0 saturated carbocycles. The minimum Gasteiger partial charge on any atom is -0.466 e. The van der Waals surface area contributed by atoms with Gasteiger partial charge in [-0.2, -0.15) is 5.10 Å². The van der Waals surface area contributed by atoms with Crippen molar-refractivity contribution in [2.24, 2.45) is 0 Å². The van der Waals surface area contributed by atoms with E-state index in [2.05, 4.69) is 9.84 Å². The number of ether oxygens (including phenoxy) is 2. The summed E-state index contributed by atoms with van der Waals surface area (Å²) in [5, 5.41) is 3.99. The molecule has 1 rings (SSSR count). The topological polar surface area (TPSA) is 70.4 Å². The highest BCUT2D eigenvalue weighted by molar-refractivity contribution is 5.87. The highest BCUT2D eigenvalue weighted by Crippen LogP contribution is 2.04. The largest absolute Gasteiger partial charge is 0.466 e. The van der Waals surface area contributed by atoms with Gasteiger partial charge in [-0.3, -0.25) is 9.48 Å². The fourth-order valence-corrected chi connectivity index (χ4v) is 1.40. The Morgan fingerprint density at radius 3 is 2.88 bits per heavy atom. The lowest BCUT2D eigenvalue weighted by atomic mass is 10.3. The van der Waals surface area contributed by atoms with E-state index in [1.54, 1.807) is 13.0 Å². The molecule has 0 spiro atoms. The second-order valence-corrected chi connectivity index (χ2v) is 3.34. The monoisotopic (exact) mass is 240 g/mol. The number of methoxy groups -OCH3 is 1. The van der Waals surface area contributed by atoms with Crippen LogP contribution in [0, 0.1) is 0 Å². The Bertz CT molecular complexity index is 387. The lowest BCUT2D eigenvalue weighted by Crippen LogP contribution is -2.13. The number of hydrogen-bond acceptors (Lipinski definition) is 5. The second kappa shape index (κ2) is 6.67. The van der Waals surface area contributed by atoms with E-state index in [9.17, 15) is 9.59 Å². The van der Waals surface area contributed by atoms with E-state index in [0.29, 0.717) is 31.7 Å². The van der Waals surface area contributed by atoms with E-state index in [-0.39, 0.29) is 5.97 Å². The maximum atomic E-state index is 11.3. The van der Waals surface area contributed by atoms with Gasteiger partial charge in [-0.05, 0) is 19.4 Å². The van der Waals surface area contributed by atoms with Crippen LogP contribution in [0.1, 0.15) is 30.3 Å². The van der Waals surface area contributed by atoms with E-state index >= 15 is 0 Å². The lowest BCUT2D eigenvalue weighted by molar-refractivity contribution is -0.143. The number of rotatable bonds is 6. The van der Waals surface area contributed by atoms with E-state index in [1.807, 2.05) is 0 Å². The standard InChI is InChI=1S/C11H16N2O4/c1-3-17-10(14)5-4-8-13-9(6-7-12-13)11(15)16-2/h6-7H,3-5,8H2,1-2H3. The van der Waals surface area contributed by atoms with Crippen LogP contribution in [0.15, 0.2) is 12.3 Å². The number of carbonyl (C=O) groups excluding carboxylic acids is 2. The molecular formula is C11H16N2O4. The van der Waals surface area contributed by atoms with Crippen molar-refractivity contribution in [3.05, 3.63) is 18.0 Å². The average molecular weight is 240 g/mol. The maximum Gasteiger partial charge on any atom is 0.356 e. The van der Waals surface area contributed by atoms with Gasteiger partial charge in [0, 0.05) is 19.2 Å². The first-order valence-corrected chi connectivity index (χ1v) is 5.44. The molecule has 0 N–H and O–H groups in total. The Kier molecular flexibility index (Phi) is 5.19. The van der Waals surface area contributed by atoms with Crippen LogP contribution in [0.3, 0.4) is 0 Å². The smallest absolute Gasteiger partial charge is 0.356 e. The molecule has 0 atom stereocenters. The summed E-state index contributed by atoms with van der Waals surface area (Å²) in [6.45, 7) is 2.63. The van der Waals surface area contributed by atoms with Gasteiger partial charge in [0.15, 0.2) is 0 Å². The van der Waals surface area contributed by atoms with Crippen molar-refractivity contribution in [2.45, 2.75) is 26.3 Å². The summed E-state index contributed by atoms with van der Waals surface area (Å²) in [6, 6.07) is 1.58. The van der Waals surface area contributed by atoms with Gasteiger partial charge in [0.05, 0.1) is 13.7 Å². The molecule has 17 heavy (non-hydrogen) atoms. The fraction of sp³-hybridized carbons (Fsp3) is 0.545. The van der Waals surface area contributed by atoms with Gasteiger partial charge in [0.25, 0.3) is 0 Å². The molecule has 0 aliphatic rings. The summed E-state index contributed by atoms with van der Waals surface area (Å²) in [5.74, 6) is -0.669. The SMILES string of the molecule is CCOC(=O)CCCn1nccc1C(=O)OC. The van der Waals surface area contributed by atoms with Crippen molar-refractivity contribution in [3.8, 4) is 0 Å². The van der Waals surface area contributed by atoms with Crippen molar-refractivity contribution in [2.75, 3.05) is 13.7 Å². The summed E-state index contributed by atoms with van der Waals surface area (Å²) in [7, 11) is 1.32. The van der Waals surface area contributed by atoms with Gasteiger partial charge in [-0.25, -0.2) is 4.79 Å². The predicted molar refractivity (Wildman–Crippen MR) is 59.4 cm³/mol. The summed E-state index contributed by atoms with van der Waals surface area (Å²) < 4.78 is 10.9. The Morgan fingerprint density at radius 2 is 2.24 bits per heavy atom. The molecule has 1 heterocycles. The molecule has 0 fully saturated rings. The molecule has 94 valence electrons. The van der Waals surface area contributed by atoms with Crippen molar-refractivity contribution in [1.82, 2.24) is 9.78 Å². The molecule has 0 unspecified atom stereocenters. The lowest BCUT2D eigenvalue weighted by Gasteiger charge is -2.05. The Morgan fingerprint density at radius 1 is 1.47 bits per heavy atom. The zero-order chi connectivity index (χ0) is 12.7. The van der Waals surface area contributed by atoms with Gasteiger partial charge in [0.2, 0.25) is 0 Å². The van der Waals surface area contributed by atoms with Crippen molar-refractivity contribution in [1.29, 1.82) is 0 Å². The molecule has 6 heteroatoms. The molecule has 0 radical (unpaired) electrons. The summed E-state index contributed by atoms with van der Waals surface area (Å²) in [5.41, 5.74) is 0.386. The predicted octanol–water partition coefficient (Wildman–Crippen LogP) is 1.01. The number of carbonyl (C=O) groups is 2. The quantitative estimate of drug-likeness (QED) is 0.694. The fourth-order valence-electron chi connectivity index (χ4n) is 1.40. The van der Waals surface area contributed by atoms with E-state index < -0.39 is 5.97 Å². The van der Waals surface area contributed by atoms with Crippen LogP contribution >= 0.6 is 0 Å². The minimum absolute atomic E-state index is 0.237. The molecule has 0 bridgehead atoms. The third kappa shape index (κ3) is 3.90. The van der Waals surface area contributed by atoms with Gasteiger partial charge < -0.3 is 9.47 Å². The van der Waals surface area contributed by atoms with Crippen LogP contribution in [0.5, 0.6) is 0 Å². The van der Waals surface area contributed by atoms with Gasteiger partial charge in [0.1, 0.15) is 5.69 Å². The van der Waals surface area contributed by atoms with Gasteiger partial charge >= 0.3 is 11.9 Å². The van der Waals surface area contributed by atoms with E-state index in [1.165, 1.54) is 18.0 Å². The Labute approximate surface area is 99.5 Å². The number of esters is 2. The van der Waals surface area contributed by atoms with Crippen LogP contribution in [0.4, 0.5) is 0 Å². The van der Waals surface area contributed by atoms with E-state index in [4.69, 9.17) is 4.74 Å². The molecule has 1 aromatic rings. The minimum atomic E-state index is -0.432. The van der Waals surface area contributed by atoms with Gasteiger partial charge in [-0.1, -0.05) is 0 Å². The zero-order valence-corrected chi connectivity index (χ0v) is 10.0. The number of aromatic nitrogens is 2. The molecule has 0 amide bonds. The van der Waals surface area contributed by atoms with Gasteiger partial charge in [-0.15, -0.1) is 0 Å². The maximum absolute atomic E-state index is 11.3.